The first kappa shape index (κ1) is 18.6. The van der Waals surface area contributed by atoms with Gasteiger partial charge in [-0.1, -0.05) is 0 Å². The number of pyridine rings is 1. The van der Waals surface area contributed by atoms with Gasteiger partial charge in [-0.3, -0.25) is 14.9 Å². The SMILES string of the molecule is CNC(=O)c1cc(COc2nnc(Nc3ccc4[nH]ncc4c3)c3ccoc23)ccn1. The highest BCUT2D eigenvalue weighted by Crippen LogP contribution is 2.31. The van der Waals surface area contributed by atoms with Gasteiger partial charge in [-0.2, -0.15) is 5.10 Å². The third-order valence-corrected chi connectivity index (χ3v) is 4.72. The third kappa shape index (κ3) is 3.62. The van der Waals surface area contributed by atoms with Gasteiger partial charge < -0.3 is 19.8 Å². The minimum absolute atomic E-state index is 0.181. The number of benzene rings is 1. The topological polar surface area (TPSA) is 131 Å². The van der Waals surface area contributed by atoms with Crippen LogP contribution in [0.1, 0.15) is 16.1 Å². The number of nitrogens with one attached hydrogen (secondary N) is 3. The van der Waals surface area contributed by atoms with Crippen LogP contribution in [0, 0.1) is 0 Å². The van der Waals surface area contributed by atoms with Crippen molar-refractivity contribution >= 4 is 39.3 Å². The van der Waals surface area contributed by atoms with Crippen molar-refractivity contribution in [3.8, 4) is 5.88 Å². The fraction of sp³-hybridized carbons (Fsp3) is 0.0952. The lowest BCUT2D eigenvalue weighted by Gasteiger charge is -2.09. The van der Waals surface area contributed by atoms with Crippen molar-refractivity contribution in [1.82, 2.24) is 30.7 Å². The van der Waals surface area contributed by atoms with Gasteiger partial charge in [-0.15, -0.1) is 10.2 Å². The molecule has 0 saturated heterocycles. The average molecular weight is 415 g/mol. The van der Waals surface area contributed by atoms with Gasteiger partial charge in [0.05, 0.1) is 23.4 Å². The van der Waals surface area contributed by atoms with E-state index in [1.807, 2.05) is 18.2 Å². The highest BCUT2D eigenvalue weighted by atomic mass is 16.5. The Hall–Kier alpha value is -4.47. The van der Waals surface area contributed by atoms with E-state index in [-0.39, 0.29) is 18.4 Å². The number of carbonyl (C=O) groups excluding carboxylic acids is 1. The fourth-order valence-electron chi connectivity index (χ4n) is 3.17. The molecular weight excluding hydrogens is 398 g/mol. The number of nitrogens with zero attached hydrogens (tertiary/aromatic N) is 4. The second-order valence-electron chi connectivity index (χ2n) is 6.73. The average Bonchev–Trinajstić information content (AvgIpc) is 3.48. The van der Waals surface area contributed by atoms with Gasteiger partial charge in [-0.25, -0.2) is 0 Å². The van der Waals surface area contributed by atoms with Gasteiger partial charge in [0.2, 0.25) is 5.58 Å². The Labute approximate surface area is 175 Å². The number of aromatic amines is 1. The van der Waals surface area contributed by atoms with E-state index in [2.05, 4.69) is 36.0 Å². The Morgan fingerprint density at radius 2 is 2.13 bits per heavy atom. The molecule has 0 spiro atoms. The van der Waals surface area contributed by atoms with Crippen LogP contribution in [0.4, 0.5) is 11.5 Å². The number of furan rings is 1. The van der Waals surface area contributed by atoms with Gasteiger partial charge in [0.1, 0.15) is 12.3 Å². The second-order valence-corrected chi connectivity index (χ2v) is 6.73. The number of hydrogen-bond donors (Lipinski definition) is 3. The number of fused-ring (bicyclic) bond motifs is 2. The van der Waals surface area contributed by atoms with Crippen LogP contribution in [0.25, 0.3) is 21.9 Å². The van der Waals surface area contributed by atoms with Crippen molar-refractivity contribution < 1.29 is 13.9 Å². The molecule has 31 heavy (non-hydrogen) atoms. The van der Waals surface area contributed by atoms with Crippen molar-refractivity contribution in [1.29, 1.82) is 0 Å². The molecule has 0 aliphatic heterocycles. The number of ether oxygens (including phenoxy) is 1. The maximum atomic E-state index is 11.8. The summed E-state index contributed by atoms with van der Waals surface area (Å²) in [7, 11) is 1.55. The molecule has 154 valence electrons. The van der Waals surface area contributed by atoms with Gasteiger partial charge >= 0.3 is 0 Å². The smallest absolute Gasteiger partial charge is 0.278 e. The summed E-state index contributed by atoms with van der Waals surface area (Å²) in [5.41, 5.74) is 3.35. The summed E-state index contributed by atoms with van der Waals surface area (Å²) >= 11 is 0. The molecular formula is C21H17N7O3. The number of rotatable bonds is 6. The summed E-state index contributed by atoms with van der Waals surface area (Å²) in [5.74, 6) is 0.540. The van der Waals surface area contributed by atoms with Gasteiger partial charge in [0.15, 0.2) is 5.82 Å². The molecule has 5 rings (SSSR count). The van der Waals surface area contributed by atoms with Crippen LogP contribution in [0.2, 0.25) is 0 Å². The van der Waals surface area contributed by atoms with E-state index in [1.54, 1.807) is 43.9 Å². The lowest BCUT2D eigenvalue weighted by Crippen LogP contribution is -2.19. The lowest BCUT2D eigenvalue weighted by atomic mass is 10.2. The molecule has 0 bridgehead atoms. The maximum Gasteiger partial charge on any atom is 0.278 e. The number of hydrogen-bond acceptors (Lipinski definition) is 8. The van der Waals surface area contributed by atoms with E-state index < -0.39 is 0 Å². The Morgan fingerprint density at radius 1 is 1.19 bits per heavy atom. The van der Waals surface area contributed by atoms with Crippen LogP contribution < -0.4 is 15.4 Å². The van der Waals surface area contributed by atoms with E-state index in [4.69, 9.17) is 9.15 Å². The second kappa shape index (κ2) is 7.75. The van der Waals surface area contributed by atoms with Crippen LogP contribution in [0.15, 0.2) is 59.5 Å². The van der Waals surface area contributed by atoms with Crippen molar-refractivity contribution in [2.24, 2.45) is 0 Å². The quantitative estimate of drug-likeness (QED) is 0.385. The molecule has 3 N–H and O–H groups in total. The molecule has 10 heteroatoms. The molecule has 5 aromatic rings. The van der Waals surface area contributed by atoms with Crippen molar-refractivity contribution in [2.45, 2.75) is 6.61 Å². The number of amides is 1. The normalized spacial score (nSPS) is 11.0. The van der Waals surface area contributed by atoms with Crippen LogP contribution in [-0.4, -0.2) is 38.3 Å². The Balaban J connectivity index is 1.38. The summed E-state index contributed by atoms with van der Waals surface area (Å²) in [4.78, 5) is 15.8. The Morgan fingerprint density at radius 3 is 3.03 bits per heavy atom. The largest absolute Gasteiger partial charge is 0.469 e. The number of H-pyrrole nitrogens is 1. The van der Waals surface area contributed by atoms with Gasteiger partial charge in [0.25, 0.3) is 11.8 Å². The lowest BCUT2D eigenvalue weighted by molar-refractivity contribution is 0.0958. The summed E-state index contributed by atoms with van der Waals surface area (Å²) in [6.07, 6.45) is 4.87. The summed E-state index contributed by atoms with van der Waals surface area (Å²) < 4.78 is 11.4. The van der Waals surface area contributed by atoms with Crippen molar-refractivity contribution in [3.05, 3.63) is 66.3 Å². The number of anilines is 2. The molecule has 0 fully saturated rings. The zero-order valence-electron chi connectivity index (χ0n) is 16.4. The molecule has 1 amide bonds. The Kier molecular flexibility index (Phi) is 4.64. The van der Waals surface area contributed by atoms with E-state index in [1.165, 1.54) is 0 Å². The zero-order chi connectivity index (χ0) is 21.2. The van der Waals surface area contributed by atoms with Crippen LogP contribution in [-0.2, 0) is 6.61 Å². The van der Waals surface area contributed by atoms with E-state index in [9.17, 15) is 4.79 Å². The molecule has 0 atom stereocenters. The molecule has 0 radical (unpaired) electrons. The van der Waals surface area contributed by atoms with Crippen LogP contribution in [0.5, 0.6) is 5.88 Å². The highest BCUT2D eigenvalue weighted by molar-refractivity contribution is 5.93. The molecule has 0 aliphatic carbocycles. The first-order valence-corrected chi connectivity index (χ1v) is 9.45. The van der Waals surface area contributed by atoms with Crippen LogP contribution >= 0.6 is 0 Å². The molecule has 0 aliphatic rings. The van der Waals surface area contributed by atoms with Crippen LogP contribution in [0.3, 0.4) is 0 Å². The standard InChI is InChI=1S/C21H17N7O3/c1-22-20(29)17-8-12(4-6-23-17)11-31-21-18-15(5-7-30-18)19(27-28-21)25-14-2-3-16-13(9-14)10-24-26-16/h2-10H,11H2,1H3,(H,22,29)(H,24,26)(H,25,27). The van der Waals surface area contributed by atoms with E-state index in [0.717, 1.165) is 27.5 Å². The van der Waals surface area contributed by atoms with E-state index in [0.29, 0.717) is 17.1 Å². The highest BCUT2D eigenvalue weighted by Gasteiger charge is 2.15. The Bertz CT molecular complexity index is 1390. The monoisotopic (exact) mass is 415 g/mol. The van der Waals surface area contributed by atoms with Crippen molar-refractivity contribution in [2.75, 3.05) is 12.4 Å². The molecule has 10 nitrogen and oxygen atoms in total. The summed E-state index contributed by atoms with van der Waals surface area (Å²) in [5, 5.41) is 22.9. The molecule has 4 heterocycles. The van der Waals surface area contributed by atoms with Gasteiger partial charge in [-0.05, 0) is 42.0 Å². The molecule has 4 aromatic heterocycles. The molecule has 0 saturated carbocycles. The first-order chi connectivity index (χ1) is 15.2. The third-order valence-electron chi connectivity index (χ3n) is 4.72. The summed E-state index contributed by atoms with van der Waals surface area (Å²) in [6.45, 7) is 0.181. The summed E-state index contributed by atoms with van der Waals surface area (Å²) in [6, 6.07) is 11.0. The maximum absolute atomic E-state index is 11.8. The molecule has 0 unspecified atom stereocenters. The minimum atomic E-state index is -0.265. The predicted molar refractivity (Wildman–Crippen MR) is 113 cm³/mol. The van der Waals surface area contributed by atoms with Gasteiger partial charge in [0, 0.05) is 24.3 Å². The molecule has 1 aromatic carbocycles. The fourth-order valence-corrected chi connectivity index (χ4v) is 3.17. The van der Waals surface area contributed by atoms with Crippen molar-refractivity contribution in [3.63, 3.8) is 0 Å². The number of carbonyl (C=O) groups is 1. The predicted octanol–water partition coefficient (Wildman–Crippen LogP) is 3.18. The zero-order valence-corrected chi connectivity index (χ0v) is 16.4. The minimum Gasteiger partial charge on any atom is -0.469 e. The first-order valence-electron chi connectivity index (χ1n) is 9.45. The number of aromatic nitrogens is 5. The van der Waals surface area contributed by atoms with E-state index >= 15 is 0 Å².